The quantitative estimate of drug-likeness (QED) is 0.166. The van der Waals surface area contributed by atoms with Gasteiger partial charge in [-0.3, -0.25) is 19.2 Å². The molecule has 0 N–H and O–H groups in total. The summed E-state index contributed by atoms with van der Waals surface area (Å²) in [5.41, 5.74) is 4.48. The summed E-state index contributed by atoms with van der Waals surface area (Å²) in [7, 11) is 0. The summed E-state index contributed by atoms with van der Waals surface area (Å²) < 4.78 is 6.74. The second-order valence-electron chi connectivity index (χ2n) is 9.66. The van der Waals surface area contributed by atoms with Gasteiger partial charge in [-0.1, -0.05) is 91.0 Å². The zero-order valence-electron chi connectivity index (χ0n) is 22.2. The highest BCUT2D eigenvalue weighted by Crippen LogP contribution is 2.44. The zero-order chi connectivity index (χ0) is 27.1. The summed E-state index contributed by atoms with van der Waals surface area (Å²) in [5.74, 6) is -0.0984. The summed E-state index contributed by atoms with van der Waals surface area (Å²) in [4.78, 5) is 27.4. The number of carbonyl (C=O) groups is 2. The Morgan fingerprint density at radius 3 is 2.03 bits per heavy atom. The first kappa shape index (κ1) is 26.3. The molecule has 1 aliphatic rings. The van der Waals surface area contributed by atoms with E-state index in [9.17, 15) is 9.59 Å². The fourth-order valence-electron chi connectivity index (χ4n) is 5.48. The van der Waals surface area contributed by atoms with E-state index in [4.69, 9.17) is 4.74 Å². The Labute approximate surface area is 229 Å². The Morgan fingerprint density at radius 1 is 0.923 bits per heavy atom. The Hall–Kier alpha value is -4.29. The van der Waals surface area contributed by atoms with Crippen LogP contribution in [0.5, 0.6) is 0 Å². The van der Waals surface area contributed by atoms with E-state index in [1.807, 2.05) is 30.5 Å². The van der Waals surface area contributed by atoms with Crippen molar-refractivity contribution in [3.63, 3.8) is 0 Å². The first-order valence-corrected chi connectivity index (χ1v) is 13.4. The van der Waals surface area contributed by atoms with Crippen LogP contribution < -0.4 is 0 Å². The smallest absolute Gasteiger partial charge is 0.307 e. The van der Waals surface area contributed by atoms with Crippen molar-refractivity contribution in [1.82, 2.24) is 14.7 Å². The number of carbonyl (C=O) groups excluding carboxylic acids is 2. The maximum absolute atomic E-state index is 13.2. The highest BCUT2D eigenvalue weighted by atomic mass is 16.5. The lowest BCUT2D eigenvalue weighted by Crippen LogP contribution is -2.52. The van der Waals surface area contributed by atoms with Crippen molar-refractivity contribution < 1.29 is 14.3 Å². The monoisotopic (exact) mass is 519 g/mol. The molecule has 0 atom stereocenters. The number of hydrogen-bond donors (Lipinski definition) is 0. The molecule has 3 aromatic carbocycles. The van der Waals surface area contributed by atoms with Crippen LogP contribution in [0.25, 0.3) is 6.08 Å². The van der Waals surface area contributed by atoms with Crippen LogP contribution in [0, 0.1) is 0 Å². The molecule has 1 aromatic heterocycles. The largest absolute Gasteiger partial charge is 0.466 e. The second kappa shape index (κ2) is 12.0. The molecule has 0 radical (unpaired) electrons. The molecule has 0 saturated carbocycles. The van der Waals surface area contributed by atoms with Crippen LogP contribution in [0.15, 0.2) is 109 Å². The average molecular weight is 520 g/mol. The third kappa shape index (κ3) is 5.61. The van der Waals surface area contributed by atoms with E-state index in [0.717, 1.165) is 27.8 Å². The van der Waals surface area contributed by atoms with Crippen LogP contribution in [-0.4, -0.2) is 46.1 Å². The van der Waals surface area contributed by atoms with Gasteiger partial charge in [0.25, 0.3) is 0 Å². The van der Waals surface area contributed by atoms with Gasteiger partial charge in [0.2, 0.25) is 0 Å². The number of likely N-dealkylation sites (tertiary alicyclic amines) is 1. The van der Waals surface area contributed by atoms with Gasteiger partial charge in [0.1, 0.15) is 0 Å². The van der Waals surface area contributed by atoms with Gasteiger partial charge in [-0.05, 0) is 29.7 Å². The number of piperidine rings is 1. The lowest BCUT2D eigenvalue weighted by molar-refractivity contribution is -0.143. The minimum atomic E-state index is -0.576. The Kier molecular flexibility index (Phi) is 8.13. The van der Waals surface area contributed by atoms with Crippen LogP contribution in [0.4, 0.5) is 0 Å². The number of benzene rings is 3. The van der Waals surface area contributed by atoms with Gasteiger partial charge in [-0.25, -0.2) is 0 Å². The normalized spacial score (nSPS) is 15.4. The summed E-state index contributed by atoms with van der Waals surface area (Å²) in [5, 5.41) is 4.39. The van der Waals surface area contributed by atoms with Crippen molar-refractivity contribution >= 4 is 17.8 Å². The van der Waals surface area contributed by atoms with E-state index in [1.54, 1.807) is 17.8 Å². The lowest BCUT2D eigenvalue weighted by atomic mass is 9.74. The van der Waals surface area contributed by atoms with Gasteiger partial charge >= 0.3 is 5.97 Å². The first-order chi connectivity index (χ1) is 19.1. The second-order valence-corrected chi connectivity index (χ2v) is 9.66. The maximum Gasteiger partial charge on any atom is 0.307 e. The van der Waals surface area contributed by atoms with Crippen molar-refractivity contribution in [2.45, 2.75) is 31.8 Å². The molecule has 39 heavy (non-hydrogen) atoms. The molecule has 4 aromatic rings. The van der Waals surface area contributed by atoms with Crippen LogP contribution in [0.3, 0.4) is 0 Å². The number of rotatable bonds is 9. The molecular formula is C33H33N3O3. The minimum absolute atomic E-state index is 0.147. The number of hydrogen-bond acceptors (Lipinski definition) is 5. The molecular weight excluding hydrogens is 486 g/mol. The zero-order valence-corrected chi connectivity index (χ0v) is 22.2. The van der Waals surface area contributed by atoms with Gasteiger partial charge in [0.05, 0.1) is 31.3 Å². The van der Waals surface area contributed by atoms with E-state index in [1.165, 1.54) is 0 Å². The van der Waals surface area contributed by atoms with Gasteiger partial charge in [0, 0.05) is 36.8 Å². The number of ether oxygens (including phenoxy) is 1. The fraction of sp³-hybridized carbons (Fsp3) is 0.242. The molecule has 2 heterocycles. The van der Waals surface area contributed by atoms with E-state index < -0.39 is 5.54 Å². The number of Topliss-reactive ketones (excluding diaryl/α,β-unsaturated/α-hetero) is 1. The molecule has 0 amide bonds. The van der Waals surface area contributed by atoms with E-state index >= 15 is 0 Å². The number of aromatic nitrogens is 2. The Balaban J connectivity index is 1.53. The first-order valence-electron chi connectivity index (χ1n) is 13.4. The van der Waals surface area contributed by atoms with Crippen LogP contribution >= 0.6 is 0 Å². The van der Waals surface area contributed by atoms with Crippen molar-refractivity contribution in [3.05, 3.63) is 131 Å². The SMILES string of the molecule is CCOC(=O)CCn1cc(C=C2CN(C(c3ccccc3)(c3ccccc3)c3ccccc3)CCC2=O)cn1. The van der Waals surface area contributed by atoms with Gasteiger partial charge < -0.3 is 4.74 Å². The summed E-state index contributed by atoms with van der Waals surface area (Å²) in [6.45, 7) is 3.72. The van der Waals surface area contributed by atoms with Crippen molar-refractivity contribution in [1.29, 1.82) is 0 Å². The number of ketones is 1. The predicted molar refractivity (Wildman–Crippen MR) is 152 cm³/mol. The predicted octanol–water partition coefficient (Wildman–Crippen LogP) is 5.49. The summed E-state index contributed by atoms with van der Waals surface area (Å²) >= 11 is 0. The third-order valence-corrected chi connectivity index (χ3v) is 7.22. The fourth-order valence-corrected chi connectivity index (χ4v) is 5.48. The minimum Gasteiger partial charge on any atom is -0.466 e. The van der Waals surface area contributed by atoms with Crippen LogP contribution in [0.1, 0.15) is 42.0 Å². The van der Waals surface area contributed by atoms with Crippen molar-refractivity contribution in [2.75, 3.05) is 19.7 Å². The topological polar surface area (TPSA) is 64.4 Å². The molecule has 1 saturated heterocycles. The maximum atomic E-state index is 13.2. The molecule has 198 valence electrons. The van der Waals surface area contributed by atoms with E-state index in [-0.39, 0.29) is 18.2 Å². The van der Waals surface area contributed by atoms with Crippen LogP contribution in [0.2, 0.25) is 0 Å². The highest BCUT2D eigenvalue weighted by Gasteiger charge is 2.44. The molecule has 5 rings (SSSR count). The number of aryl methyl sites for hydroxylation is 1. The lowest BCUT2D eigenvalue weighted by Gasteiger charge is -2.47. The van der Waals surface area contributed by atoms with E-state index in [0.29, 0.717) is 32.7 Å². The summed E-state index contributed by atoms with van der Waals surface area (Å²) in [6.07, 6.45) is 6.23. The molecule has 0 aliphatic carbocycles. The van der Waals surface area contributed by atoms with Crippen molar-refractivity contribution in [2.24, 2.45) is 0 Å². The average Bonchev–Trinajstić information content (AvgIpc) is 3.43. The molecule has 6 nitrogen and oxygen atoms in total. The number of nitrogens with zero attached hydrogens (tertiary/aromatic N) is 3. The standard InChI is InChI=1S/C33H33N3O3/c1-2-39-32(38)19-21-36-24-26(23-34-36)22-27-25-35(20-18-31(27)37)33(28-12-6-3-7-13-28,29-14-8-4-9-15-29)30-16-10-5-11-17-30/h3-17,22-24H,2,18-21,25H2,1H3. The Bertz CT molecular complexity index is 1330. The summed E-state index contributed by atoms with van der Waals surface area (Å²) in [6, 6.07) is 31.6. The van der Waals surface area contributed by atoms with Crippen LogP contribution in [-0.2, 0) is 26.4 Å². The number of esters is 1. The van der Waals surface area contributed by atoms with Gasteiger partial charge in [0.15, 0.2) is 5.78 Å². The van der Waals surface area contributed by atoms with E-state index in [2.05, 4.69) is 82.8 Å². The molecule has 0 bridgehead atoms. The Morgan fingerprint density at radius 2 is 1.49 bits per heavy atom. The third-order valence-electron chi connectivity index (χ3n) is 7.22. The van der Waals surface area contributed by atoms with Gasteiger partial charge in [-0.15, -0.1) is 0 Å². The molecule has 1 fully saturated rings. The molecule has 0 unspecified atom stereocenters. The molecule has 1 aliphatic heterocycles. The molecule has 0 spiro atoms. The molecule has 6 heteroatoms. The highest BCUT2D eigenvalue weighted by molar-refractivity contribution is 6.00. The van der Waals surface area contributed by atoms with Gasteiger partial charge in [-0.2, -0.15) is 5.10 Å². The van der Waals surface area contributed by atoms with Crippen molar-refractivity contribution in [3.8, 4) is 0 Å².